The first-order valence-electron chi connectivity index (χ1n) is 12.1. The minimum Gasteiger partial charge on any atom is -0.486 e. The van der Waals surface area contributed by atoms with Gasteiger partial charge in [0, 0.05) is 66.4 Å². The lowest BCUT2D eigenvalue weighted by Gasteiger charge is -2.59. The van der Waals surface area contributed by atoms with Crippen molar-refractivity contribution in [3.63, 3.8) is 0 Å². The van der Waals surface area contributed by atoms with Gasteiger partial charge in [-0.25, -0.2) is 23.1 Å². The minimum absolute atomic E-state index is 0.0248. The molecule has 37 heavy (non-hydrogen) atoms. The predicted molar refractivity (Wildman–Crippen MR) is 133 cm³/mol. The second kappa shape index (κ2) is 7.71. The van der Waals surface area contributed by atoms with Crippen molar-refractivity contribution in [2.24, 2.45) is 5.41 Å². The van der Waals surface area contributed by atoms with E-state index in [-0.39, 0.29) is 24.1 Å². The fraction of sp³-hybridized carbons (Fsp3) is 0.296. The lowest BCUT2D eigenvalue weighted by Crippen LogP contribution is -2.66. The number of fused-ring (bicyclic) bond motifs is 2. The Morgan fingerprint density at radius 3 is 2.68 bits per heavy atom. The minimum atomic E-state index is -2.51. The van der Waals surface area contributed by atoms with Crippen LogP contribution in [-0.2, 0) is 0 Å². The predicted octanol–water partition coefficient (Wildman–Crippen LogP) is 6.02. The van der Waals surface area contributed by atoms with E-state index in [1.807, 2.05) is 42.2 Å². The molecule has 10 heteroatoms. The highest BCUT2D eigenvalue weighted by Crippen LogP contribution is 2.57. The molecule has 7 rings (SSSR count). The summed E-state index contributed by atoms with van der Waals surface area (Å²) in [6.07, 6.45) is 4.21. The molecule has 7 nitrogen and oxygen atoms in total. The van der Waals surface area contributed by atoms with Crippen LogP contribution in [0.15, 0.2) is 55.0 Å². The zero-order chi connectivity index (χ0) is 25.4. The van der Waals surface area contributed by atoms with Gasteiger partial charge in [0.15, 0.2) is 5.82 Å². The van der Waals surface area contributed by atoms with Crippen molar-refractivity contribution < 1.29 is 17.9 Å². The molecule has 188 valence electrons. The van der Waals surface area contributed by atoms with Crippen LogP contribution in [0.2, 0.25) is 0 Å². The van der Waals surface area contributed by atoms with Crippen LogP contribution in [0.1, 0.15) is 31.4 Å². The van der Waals surface area contributed by atoms with Gasteiger partial charge in [-0.1, -0.05) is 0 Å². The summed E-state index contributed by atoms with van der Waals surface area (Å²) in [5.74, 6) is -1.47. The molecule has 2 fully saturated rings. The summed E-state index contributed by atoms with van der Waals surface area (Å²) >= 11 is 0. The number of halogens is 3. The molecule has 1 saturated carbocycles. The third-order valence-electron chi connectivity index (χ3n) is 7.51. The number of benzene rings is 1. The van der Waals surface area contributed by atoms with Crippen LogP contribution in [0.5, 0.6) is 5.75 Å². The molecule has 0 radical (unpaired) electrons. The van der Waals surface area contributed by atoms with Crippen molar-refractivity contribution in [3.8, 4) is 17.0 Å². The molecule has 2 N–H and O–H groups in total. The molecule has 1 saturated heterocycles. The number of nitrogens with zero attached hydrogens (tertiary/aromatic N) is 4. The van der Waals surface area contributed by atoms with E-state index < -0.39 is 12.0 Å². The first kappa shape index (κ1) is 22.1. The molecule has 1 aliphatic carbocycles. The van der Waals surface area contributed by atoms with Crippen LogP contribution in [0, 0.1) is 11.2 Å². The maximum absolute atomic E-state index is 14.3. The molecule has 5 heterocycles. The van der Waals surface area contributed by atoms with Crippen LogP contribution in [-0.4, -0.2) is 44.2 Å². The average Bonchev–Trinajstić information content (AvgIpc) is 3.44. The quantitative estimate of drug-likeness (QED) is 0.306. The van der Waals surface area contributed by atoms with Gasteiger partial charge in [0.1, 0.15) is 29.0 Å². The Hall–Kier alpha value is -4.08. The third kappa shape index (κ3) is 3.61. The second-order valence-corrected chi connectivity index (χ2v) is 10.3. The molecule has 2 aliphatic rings. The molecule has 5 aromatic rings. The number of aromatic amines is 2. The van der Waals surface area contributed by atoms with Gasteiger partial charge in [0.05, 0.1) is 10.9 Å². The van der Waals surface area contributed by atoms with Crippen molar-refractivity contribution in [1.29, 1.82) is 0 Å². The Kier molecular flexibility index (Phi) is 4.61. The molecule has 1 unspecified atom stereocenters. The van der Waals surface area contributed by atoms with Crippen molar-refractivity contribution in [1.82, 2.24) is 25.1 Å². The fourth-order valence-corrected chi connectivity index (χ4v) is 5.84. The van der Waals surface area contributed by atoms with Crippen LogP contribution >= 0.6 is 0 Å². The van der Waals surface area contributed by atoms with Crippen LogP contribution < -0.4 is 9.64 Å². The van der Waals surface area contributed by atoms with E-state index in [0.717, 1.165) is 28.0 Å². The number of nitrogens with one attached hydrogen (secondary N) is 2. The van der Waals surface area contributed by atoms with Crippen molar-refractivity contribution >= 4 is 27.8 Å². The van der Waals surface area contributed by atoms with Crippen LogP contribution in [0.4, 0.5) is 19.0 Å². The highest BCUT2D eigenvalue weighted by Gasteiger charge is 2.61. The number of anilines is 1. The van der Waals surface area contributed by atoms with Crippen molar-refractivity contribution in [2.45, 2.75) is 31.8 Å². The molecular weight excluding hydrogens is 481 g/mol. The molecule has 1 aromatic carbocycles. The number of hydrogen-bond acceptors (Lipinski definition) is 5. The summed E-state index contributed by atoms with van der Waals surface area (Å²) in [5, 5.41) is 8.81. The van der Waals surface area contributed by atoms with E-state index in [2.05, 4.69) is 25.1 Å². The monoisotopic (exact) mass is 504 g/mol. The first-order valence-corrected chi connectivity index (χ1v) is 12.1. The Morgan fingerprint density at radius 1 is 1.08 bits per heavy atom. The molecule has 4 aromatic heterocycles. The number of pyridine rings is 2. The Balaban J connectivity index is 1.11. The first-order chi connectivity index (χ1) is 17.8. The van der Waals surface area contributed by atoms with Gasteiger partial charge in [-0.05, 0) is 43.3 Å². The number of H-pyrrole nitrogens is 2. The van der Waals surface area contributed by atoms with Gasteiger partial charge in [-0.15, -0.1) is 0 Å². The largest absolute Gasteiger partial charge is 0.486 e. The summed E-state index contributed by atoms with van der Waals surface area (Å²) in [4.78, 5) is 13.6. The topological polar surface area (TPSA) is 82.7 Å². The van der Waals surface area contributed by atoms with Gasteiger partial charge >= 0.3 is 0 Å². The maximum atomic E-state index is 14.3. The van der Waals surface area contributed by atoms with Gasteiger partial charge < -0.3 is 14.6 Å². The Morgan fingerprint density at radius 2 is 1.92 bits per heavy atom. The summed E-state index contributed by atoms with van der Waals surface area (Å²) in [5.41, 5.74) is 3.34. The number of hydrogen-bond donors (Lipinski definition) is 2. The van der Waals surface area contributed by atoms with E-state index in [9.17, 15) is 13.2 Å². The average molecular weight is 505 g/mol. The zero-order valence-corrected chi connectivity index (χ0v) is 19.9. The molecular formula is C27H23F3N6O. The highest BCUT2D eigenvalue weighted by molar-refractivity contribution is 5.93. The van der Waals surface area contributed by atoms with Gasteiger partial charge in [0.25, 0.3) is 0 Å². The van der Waals surface area contributed by atoms with Crippen LogP contribution in [0.25, 0.3) is 33.2 Å². The maximum Gasteiger partial charge on any atom is 0.249 e. The van der Waals surface area contributed by atoms with E-state index in [0.29, 0.717) is 35.4 Å². The molecule has 1 spiro atoms. The molecule has 1 atom stereocenters. The van der Waals surface area contributed by atoms with E-state index >= 15 is 0 Å². The summed E-state index contributed by atoms with van der Waals surface area (Å²) in [6.45, 7) is 3.11. The third-order valence-corrected chi connectivity index (χ3v) is 7.51. The Labute approximate surface area is 209 Å². The summed E-state index contributed by atoms with van der Waals surface area (Å²) in [6, 6.07) is 11.2. The normalized spacial score (nSPS) is 18.6. The second-order valence-electron chi connectivity index (χ2n) is 10.3. The van der Waals surface area contributed by atoms with E-state index in [1.165, 1.54) is 6.20 Å². The summed E-state index contributed by atoms with van der Waals surface area (Å²) in [7, 11) is 0. The SMILES string of the molecule is CC(Oc1ccc2[nH]nc(-c3ccc(N4CC5(C4)CC(F)(F)C5)nc3)c2c1)c1ccnc2[nH]cc(F)c12. The number of alkyl halides is 2. The number of aromatic nitrogens is 5. The smallest absolute Gasteiger partial charge is 0.249 e. The van der Waals surface area contributed by atoms with Gasteiger partial charge in [-0.3, -0.25) is 5.10 Å². The van der Waals surface area contributed by atoms with Gasteiger partial charge in [-0.2, -0.15) is 5.10 Å². The fourth-order valence-electron chi connectivity index (χ4n) is 5.84. The Bertz CT molecular complexity index is 1630. The van der Waals surface area contributed by atoms with E-state index in [1.54, 1.807) is 18.5 Å². The number of rotatable bonds is 5. The van der Waals surface area contributed by atoms with Crippen molar-refractivity contribution in [2.75, 3.05) is 18.0 Å². The lowest BCUT2D eigenvalue weighted by molar-refractivity contribution is -0.170. The molecule has 0 amide bonds. The van der Waals surface area contributed by atoms with Gasteiger partial charge in [0.2, 0.25) is 5.92 Å². The van der Waals surface area contributed by atoms with E-state index in [4.69, 9.17) is 4.74 Å². The zero-order valence-electron chi connectivity index (χ0n) is 19.9. The molecule has 0 bridgehead atoms. The number of ether oxygens (including phenoxy) is 1. The summed E-state index contributed by atoms with van der Waals surface area (Å²) < 4.78 is 47.1. The standard InChI is InChI=1S/C27H23F3N6O/c1-15(18-6-7-31-25-23(18)20(28)10-33-25)37-17-3-4-21-19(8-17)24(35-34-21)16-2-5-22(32-9-16)36-13-26(14-36)11-27(29,30)12-26/h2-10,15H,11-14H2,1H3,(H,31,33)(H,34,35). The molecule has 1 aliphatic heterocycles. The lowest BCUT2D eigenvalue weighted by atomic mass is 9.61. The van der Waals surface area contributed by atoms with Crippen LogP contribution in [0.3, 0.4) is 0 Å². The highest BCUT2D eigenvalue weighted by atomic mass is 19.3. The van der Waals surface area contributed by atoms with Crippen molar-refractivity contribution in [3.05, 3.63) is 66.4 Å².